The minimum atomic E-state index is 0.694. The van der Waals surface area contributed by atoms with Gasteiger partial charge >= 0.3 is 0 Å². The van der Waals surface area contributed by atoms with E-state index in [9.17, 15) is 5.26 Å². The van der Waals surface area contributed by atoms with Crippen LogP contribution >= 0.6 is 0 Å². The van der Waals surface area contributed by atoms with Gasteiger partial charge in [0.05, 0.1) is 23.2 Å². The Morgan fingerprint density at radius 2 is 1.74 bits per heavy atom. The first-order valence-electron chi connectivity index (χ1n) is 12.3. The number of nitrogens with zero attached hydrogens (tertiary/aromatic N) is 5. The summed E-state index contributed by atoms with van der Waals surface area (Å²) < 4.78 is 7.84. The van der Waals surface area contributed by atoms with Gasteiger partial charge in [-0.1, -0.05) is 24.3 Å². The number of rotatable bonds is 5. The summed E-state index contributed by atoms with van der Waals surface area (Å²) in [6, 6.07) is 19.2. The standard InChI is InChI=1S/C28H29N5O/c1-2-34-21-12-10-20(11-13-21)19-31-14-16-32(17-15-31)28-23-7-5-6-22(23)24(18-29)27-30-25-8-3-4-9-26(25)33(27)28/h3-4,8-13H,2,5-7,14-17,19H2,1H3. The Morgan fingerprint density at radius 3 is 2.50 bits per heavy atom. The number of nitriles is 1. The lowest BCUT2D eigenvalue weighted by molar-refractivity contribution is 0.249. The molecule has 0 atom stereocenters. The summed E-state index contributed by atoms with van der Waals surface area (Å²) >= 11 is 0. The van der Waals surface area contributed by atoms with E-state index in [0.29, 0.717) is 6.61 Å². The molecule has 3 heterocycles. The number of aromatic nitrogens is 2. The van der Waals surface area contributed by atoms with Crippen molar-refractivity contribution in [1.29, 1.82) is 5.26 Å². The van der Waals surface area contributed by atoms with Crippen molar-refractivity contribution >= 4 is 22.5 Å². The lowest BCUT2D eigenvalue weighted by Crippen LogP contribution is -2.46. The molecule has 0 spiro atoms. The molecule has 0 amide bonds. The lowest BCUT2D eigenvalue weighted by Gasteiger charge is -2.37. The van der Waals surface area contributed by atoms with Crippen LogP contribution < -0.4 is 9.64 Å². The summed E-state index contributed by atoms with van der Waals surface area (Å²) in [5.74, 6) is 2.19. The Labute approximate surface area is 200 Å². The number of fused-ring (bicyclic) bond motifs is 4. The SMILES string of the molecule is CCOc1ccc(CN2CCN(c3c4c(c(C#N)c5nc6ccccc6n35)CCC4)CC2)cc1. The number of imidazole rings is 1. The number of hydrogen-bond donors (Lipinski definition) is 0. The first-order valence-corrected chi connectivity index (χ1v) is 12.3. The van der Waals surface area contributed by atoms with Gasteiger partial charge in [-0.2, -0.15) is 5.26 Å². The zero-order valence-corrected chi connectivity index (χ0v) is 19.6. The fourth-order valence-corrected chi connectivity index (χ4v) is 5.63. The normalized spacial score (nSPS) is 16.2. The number of pyridine rings is 1. The highest BCUT2D eigenvalue weighted by Gasteiger charge is 2.29. The van der Waals surface area contributed by atoms with Gasteiger partial charge in [-0.3, -0.25) is 9.30 Å². The third-order valence-electron chi connectivity index (χ3n) is 7.21. The molecule has 0 saturated carbocycles. The second-order valence-electron chi connectivity index (χ2n) is 9.22. The molecular formula is C28H29N5O. The molecule has 34 heavy (non-hydrogen) atoms. The molecule has 2 aromatic heterocycles. The number of anilines is 1. The zero-order chi connectivity index (χ0) is 23.1. The van der Waals surface area contributed by atoms with E-state index in [2.05, 4.69) is 56.7 Å². The van der Waals surface area contributed by atoms with Crippen LogP contribution in [0.25, 0.3) is 16.7 Å². The van der Waals surface area contributed by atoms with Crippen molar-refractivity contribution in [2.24, 2.45) is 0 Å². The molecule has 0 bridgehead atoms. The third kappa shape index (κ3) is 3.48. The average Bonchev–Trinajstić information content (AvgIpc) is 3.50. The first kappa shape index (κ1) is 21.0. The summed E-state index contributed by atoms with van der Waals surface area (Å²) in [5, 5.41) is 10.0. The second kappa shape index (κ2) is 8.66. The predicted octanol–water partition coefficient (Wildman–Crippen LogP) is 4.57. The highest BCUT2D eigenvalue weighted by molar-refractivity contribution is 5.86. The van der Waals surface area contributed by atoms with Crippen LogP contribution in [-0.4, -0.2) is 47.1 Å². The van der Waals surface area contributed by atoms with Crippen LogP contribution in [0.2, 0.25) is 0 Å². The maximum absolute atomic E-state index is 10.0. The molecule has 1 fully saturated rings. The van der Waals surface area contributed by atoms with Crippen molar-refractivity contribution in [3.63, 3.8) is 0 Å². The van der Waals surface area contributed by atoms with Gasteiger partial charge in [-0.05, 0) is 67.1 Å². The smallest absolute Gasteiger partial charge is 0.157 e. The van der Waals surface area contributed by atoms with E-state index in [1.54, 1.807) is 0 Å². The molecule has 6 heteroatoms. The summed E-state index contributed by atoms with van der Waals surface area (Å²) in [5.41, 5.74) is 7.52. The van der Waals surface area contributed by atoms with Crippen LogP contribution in [0.5, 0.6) is 5.75 Å². The van der Waals surface area contributed by atoms with Gasteiger partial charge in [-0.25, -0.2) is 4.98 Å². The number of para-hydroxylation sites is 2. The van der Waals surface area contributed by atoms with Crippen LogP contribution in [0.3, 0.4) is 0 Å². The fraction of sp³-hybridized carbons (Fsp3) is 0.357. The maximum atomic E-state index is 10.0. The van der Waals surface area contributed by atoms with E-state index >= 15 is 0 Å². The number of benzene rings is 2. The lowest BCUT2D eigenvalue weighted by atomic mass is 10.0. The van der Waals surface area contributed by atoms with Gasteiger partial charge in [0.15, 0.2) is 5.65 Å². The molecule has 0 N–H and O–H groups in total. The van der Waals surface area contributed by atoms with E-state index in [1.165, 1.54) is 22.5 Å². The predicted molar refractivity (Wildman–Crippen MR) is 135 cm³/mol. The van der Waals surface area contributed by atoms with Crippen LogP contribution in [0, 0.1) is 11.3 Å². The largest absolute Gasteiger partial charge is 0.494 e. The molecule has 2 aliphatic rings. The number of piperazine rings is 1. The highest BCUT2D eigenvalue weighted by Crippen LogP contribution is 2.38. The van der Waals surface area contributed by atoms with Gasteiger partial charge < -0.3 is 9.64 Å². The van der Waals surface area contributed by atoms with Crippen molar-refractivity contribution < 1.29 is 4.74 Å². The molecule has 172 valence electrons. The number of hydrogen-bond acceptors (Lipinski definition) is 5. The van der Waals surface area contributed by atoms with Crippen LogP contribution in [0.15, 0.2) is 48.5 Å². The van der Waals surface area contributed by atoms with Crippen molar-refractivity contribution in [3.8, 4) is 11.8 Å². The van der Waals surface area contributed by atoms with Crippen molar-refractivity contribution in [2.75, 3.05) is 37.7 Å². The first-order chi connectivity index (χ1) is 16.8. The second-order valence-corrected chi connectivity index (χ2v) is 9.22. The van der Waals surface area contributed by atoms with E-state index < -0.39 is 0 Å². The minimum absolute atomic E-state index is 0.694. The molecule has 1 aliphatic carbocycles. The topological polar surface area (TPSA) is 56.8 Å². The number of ether oxygens (including phenoxy) is 1. The minimum Gasteiger partial charge on any atom is -0.494 e. The summed E-state index contributed by atoms with van der Waals surface area (Å²) in [6.07, 6.45) is 3.12. The average molecular weight is 452 g/mol. The van der Waals surface area contributed by atoms with Crippen molar-refractivity contribution in [3.05, 3.63) is 70.8 Å². The van der Waals surface area contributed by atoms with Gasteiger partial charge in [0, 0.05) is 32.7 Å². The van der Waals surface area contributed by atoms with Gasteiger partial charge in [0.2, 0.25) is 0 Å². The van der Waals surface area contributed by atoms with Gasteiger partial charge in [-0.15, -0.1) is 0 Å². The monoisotopic (exact) mass is 451 g/mol. The van der Waals surface area contributed by atoms with Crippen LogP contribution in [-0.2, 0) is 19.4 Å². The van der Waals surface area contributed by atoms with Crippen LogP contribution in [0.4, 0.5) is 5.82 Å². The molecule has 1 saturated heterocycles. The molecule has 0 unspecified atom stereocenters. The Hall–Kier alpha value is -3.56. The summed E-state index contributed by atoms with van der Waals surface area (Å²) in [7, 11) is 0. The van der Waals surface area contributed by atoms with E-state index in [0.717, 1.165) is 80.0 Å². The fourth-order valence-electron chi connectivity index (χ4n) is 5.63. The Balaban J connectivity index is 1.31. The van der Waals surface area contributed by atoms with E-state index in [4.69, 9.17) is 9.72 Å². The molecular weight excluding hydrogens is 422 g/mol. The maximum Gasteiger partial charge on any atom is 0.157 e. The van der Waals surface area contributed by atoms with Crippen molar-refractivity contribution in [1.82, 2.24) is 14.3 Å². The molecule has 0 radical (unpaired) electrons. The Bertz CT molecular complexity index is 1390. The van der Waals surface area contributed by atoms with Crippen molar-refractivity contribution in [2.45, 2.75) is 32.7 Å². The molecule has 1 aliphatic heterocycles. The highest BCUT2D eigenvalue weighted by atomic mass is 16.5. The summed E-state index contributed by atoms with van der Waals surface area (Å²) in [6.45, 7) is 7.62. The van der Waals surface area contributed by atoms with E-state index in [1.807, 2.05) is 19.1 Å². The Kier molecular flexibility index (Phi) is 5.35. The van der Waals surface area contributed by atoms with Gasteiger partial charge in [0.25, 0.3) is 0 Å². The third-order valence-corrected chi connectivity index (χ3v) is 7.21. The van der Waals surface area contributed by atoms with E-state index in [-0.39, 0.29) is 0 Å². The molecule has 4 aromatic rings. The van der Waals surface area contributed by atoms with Gasteiger partial charge in [0.1, 0.15) is 17.6 Å². The van der Waals surface area contributed by atoms with Crippen LogP contribution in [0.1, 0.15) is 35.6 Å². The summed E-state index contributed by atoms with van der Waals surface area (Å²) in [4.78, 5) is 9.96. The zero-order valence-electron chi connectivity index (χ0n) is 19.6. The Morgan fingerprint density at radius 1 is 0.971 bits per heavy atom. The molecule has 6 nitrogen and oxygen atoms in total. The molecule has 6 rings (SSSR count). The quantitative estimate of drug-likeness (QED) is 0.445. The molecule has 2 aromatic carbocycles.